The minimum atomic E-state index is -0.973. The highest BCUT2D eigenvalue weighted by molar-refractivity contribution is 5.92. The van der Waals surface area contributed by atoms with Gasteiger partial charge < -0.3 is 9.67 Å². The molecule has 1 aromatic heterocycles. The molecule has 4 nitrogen and oxygen atoms in total. The Morgan fingerprint density at radius 2 is 2.07 bits per heavy atom. The number of carboxylic acid groups (broad SMARTS) is 1. The van der Waals surface area contributed by atoms with Gasteiger partial charge in [0.2, 0.25) is 0 Å². The maximum absolute atomic E-state index is 10.9. The molecule has 0 fully saturated rings. The second-order valence-corrected chi connectivity index (χ2v) is 3.43. The van der Waals surface area contributed by atoms with E-state index in [1.807, 2.05) is 0 Å². The number of aryl methyl sites for hydroxylation is 2. The second-order valence-electron chi connectivity index (χ2n) is 3.43. The molecule has 0 radical (unpaired) electrons. The highest BCUT2D eigenvalue weighted by Crippen LogP contribution is 2.16. The van der Waals surface area contributed by atoms with Crippen molar-refractivity contribution in [3.63, 3.8) is 0 Å². The lowest BCUT2D eigenvalue weighted by molar-refractivity contribution is -0.116. The van der Waals surface area contributed by atoms with Crippen molar-refractivity contribution in [1.82, 2.24) is 4.57 Å². The highest BCUT2D eigenvalue weighted by Gasteiger charge is 2.18. The van der Waals surface area contributed by atoms with E-state index in [2.05, 4.69) is 0 Å². The average Bonchev–Trinajstić information content (AvgIpc) is 2.25. The summed E-state index contributed by atoms with van der Waals surface area (Å²) in [5.41, 5.74) is 1.52. The van der Waals surface area contributed by atoms with Crippen molar-refractivity contribution in [1.29, 1.82) is 0 Å². The standard InChI is InChI=1S/C10H13NO3/c1-6-5-11(3)8(4-7(2)12)9(6)10(13)14/h5H,4H2,1-3H3,(H,13,14). The van der Waals surface area contributed by atoms with Gasteiger partial charge in [-0.15, -0.1) is 0 Å². The summed E-state index contributed by atoms with van der Waals surface area (Å²) in [5.74, 6) is -1.01. The van der Waals surface area contributed by atoms with Crippen LogP contribution in [-0.2, 0) is 18.3 Å². The lowest BCUT2D eigenvalue weighted by Gasteiger charge is -2.02. The Balaban J connectivity index is 3.24. The number of carboxylic acids is 1. The quantitative estimate of drug-likeness (QED) is 0.787. The van der Waals surface area contributed by atoms with E-state index in [-0.39, 0.29) is 17.8 Å². The van der Waals surface area contributed by atoms with Gasteiger partial charge in [-0.05, 0) is 19.4 Å². The van der Waals surface area contributed by atoms with Crippen molar-refractivity contribution in [3.05, 3.63) is 23.0 Å². The van der Waals surface area contributed by atoms with Gasteiger partial charge in [0.05, 0.1) is 5.56 Å². The molecular weight excluding hydrogens is 182 g/mol. The van der Waals surface area contributed by atoms with Gasteiger partial charge in [0.15, 0.2) is 0 Å². The van der Waals surface area contributed by atoms with Crippen molar-refractivity contribution in [2.24, 2.45) is 7.05 Å². The third-order valence-corrected chi connectivity index (χ3v) is 2.13. The minimum Gasteiger partial charge on any atom is -0.478 e. The fourth-order valence-corrected chi connectivity index (χ4v) is 1.58. The van der Waals surface area contributed by atoms with Crippen molar-refractivity contribution in [2.75, 3.05) is 0 Å². The van der Waals surface area contributed by atoms with Crippen LogP contribution in [0, 0.1) is 6.92 Å². The number of ketones is 1. The van der Waals surface area contributed by atoms with Gasteiger partial charge in [-0.25, -0.2) is 4.79 Å². The monoisotopic (exact) mass is 195 g/mol. The summed E-state index contributed by atoms with van der Waals surface area (Å²) in [6.07, 6.45) is 1.90. The van der Waals surface area contributed by atoms with E-state index in [0.29, 0.717) is 11.3 Å². The molecule has 0 aliphatic heterocycles. The molecule has 0 aromatic carbocycles. The normalized spacial score (nSPS) is 10.2. The molecule has 4 heteroatoms. The lowest BCUT2D eigenvalue weighted by Crippen LogP contribution is -2.08. The Kier molecular flexibility index (Phi) is 2.74. The summed E-state index contributed by atoms with van der Waals surface area (Å²) in [5, 5.41) is 8.95. The molecule has 0 unspecified atom stereocenters. The van der Waals surface area contributed by atoms with Gasteiger partial charge in [0.1, 0.15) is 5.78 Å². The van der Waals surface area contributed by atoms with Crippen molar-refractivity contribution in [2.45, 2.75) is 20.3 Å². The summed E-state index contributed by atoms with van der Waals surface area (Å²) in [6, 6.07) is 0. The highest BCUT2D eigenvalue weighted by atomic mass is 16.4. The first-order chi connectivity index (χ1) is 6.43. The number of aromatic nitrogens is 1. The van der Waals surface area contributed by atoms with Crippen LogP contribution in [0.1, 0.15) is 28.5 Å². The zero-order chi connectivity index (χ0) is 10.9. The molecule has 0 amide bonds. The van der Waals surface area contributed by atoms with E-state index < -0.39 is 5.97 Å². The van der Waals surface area contributed by atoms with E-state index in [4.69, 9.17) is 5.11 Å². The van der Waals surface area contributed by atoms with Crippen LogP contribution >= 0.6 is 0 Å². The molecule has 0 saturated carbocycles. The van der Waals surface area contributed by atoms with Crippen LogP contribution in [0.25, 0.3) is 0 Å². The number of carbonyl (C=O) groups excluding carboxylic acids is 1. The van der Waals surface area contributed by atoms with Crippen molar-refractivity contribution >= 4 is 11.8 Å². The number of rotatable bonds is 3. The van der Waals surface area contributed by atoms with Gasteiger partial charge in [-0.3, -0.25) is 4.79 Å². The Hall–Kier alpha value is -1.58. The Morgan fingerprint density at radius 3 is 2.50 bits per heavy atom. The smallest absolute Gasteiger partial charge is 0.337 e. The molecule has 0 bridgehead atoms. The molecule has 1 rings (SSSR count). The predicted octanol–water partition coefficient (Wildman–Crippen LogP) is 1.16. The van der Waals surface area contributed by atoms with Crippen LogP contribution in [0.4, 0.5) is 0 Å². The van der Waals surface area contributed by atoms with Crippen LogP contribution in [0.2, 0.25) is 0 Å². The zero-order valence-electron chi connectivity index (χ0n) is 8.50. The van der Waals surface area contributed by atoms with Gasteiger partial charge in [-0.2, -0.15) is 0 Å². The SMILES string of the molecule is CC(=O)Cc1c(C(=O)O)c(C)cn1C. The molecule has 0 atom stereocenters. The Bertz CT molecular complexity index is 390. The van der Waals surface area contributed by atoms with Crippen LogP contribution in [-0.4, -0.2) is 21.4 Å². The zero-order valence-corrected chi connectivity index (χ0v) is 8.50. The molecular formula is C10H13NO3. The van der Waals surface area contributed by atoms with Crippen LogP contribution in [0.5, 0.6) is 0 Å². The number of carbonyl (C=O) groups is 2. The summed E-state index contributed by atoms with van der Waals surface area (Å²) >= 11 is 0. The van der Waals surface area contributed by atoms with Gasteiger partial charge in [0, 0.05) is 25.4 Å². The topological polar surface area (TPSA) is 59.3 Å². The first-order valence-electron chi connectivity index (χ1n) is 4.31. The van der Waals surface area contributed by atoms with E-state index >= 15 is 0 Å². The van der Waals surface area contributed by atoms with Crippen LogP contribution < -0.4 is 0 Å². The number of hydrogen-bond acceptors (Lipinski definition) is 2. The van der Waals surface area contributed by atoms with E-state index in [0.717, 1.165) is 0 Å². The van der Waals surface area contributed by atoms with Crippen molar-refractivity contribution < 1.29 is 14.7 Å². The Morgan fingerprint density at radius 1 is 1.50 bits per heavy atom. The molecule has 1 aromatic rings. The van der Waals surface area contributed by atoms with Crippen LogP contribution in [0.15, 0.2) is 6.20 Å². The molecule has 0 spiro atoms. The first-order valence-corrected chi connectivity index (χ1v) is 4.31. The maximum Gasteiger partial charge on any atom is 0.337 e. The molecule has 0 aliphatic rings. The molecule has 1 heterocycles. The lowest BCUT2D eigenvalue weighted by atomic mass is 10.1. The second kappa shape index (κ2) is 3.65. The molecule has 1 N–H and O–H groups in total. The predicted molar refractivity (Wildman–Crippen MR) is 51.5 cm³/mol. The minimum absolute atomic E-state index is 0.0336. The van der Waals surface area contributed by atoms with Crippen LogP contribution in [0.3, 0.4) is 0 Å². The largest absolute Gasteiger partial charge is 0.478 e. The number of hydrogen-bond donors (Lipinski definition) is 1. The molecule has 76 valence electrons. The van der Waals surface area contributed by atoms with Crippen molar-refractivity contribution in [3.8, 4) is 0 Å². The summed E-state index contributed by atoms with van der Waals surface area (Å²) < 4.78 is 1.69. The maximum atomic E-state index is 10.9. The third-order valence-electron chi connectivity index (χ3n) is 2.13. The number of aromatic carboxylic acids is 1. The summed E-state index contributed by atoms with van der Waals surface area (Å²) in [4.78, 5) is 21.9. The molecule has 0 saturated heterocycles. The molecule has 0 aliphatic carbocycles. The van der Waals surface area contributed by atoms with Gasteiger partial charge >= 0.3 is 5.97 Å². The van der Waals surface area contributed by atoms with E-state index in [1.54, 1.807) is 24.7 Å². The average molecular weight is 195 g/mol. The van der Waals surface area contributed by atoms with Gasteiger partial charge in [0.25, 0.3) is 0 Å². The van der Waals surface area contributed by atoms with Gasteiger partial charge in [-0.1, -0.05) is 0 Å². The molecule has 14 heavy (non-hydrogen) atoms. The number of Topliss-reactive ketones (excluding diaryl/α,β-unsaturated/α-hetero) is 1. The fraction of sp³-hybridized carbons (Fsp3) is 0.400. The summed E-state index contributed by atoms with van der Waals surface area (Å²) in [7, 11) is 1.75. The van der Waals surface area contributed by atoms with E-state index in [9.17, 15) is 9.59 Å². The third kappa shape index (κ3) is 1.84. The Labute approximate surface area is 82.2 Å². The number of nitrogens with zero attached hydrogens (tertiary/aromatic N) is 1. The van der Waals surface area contributed by atoms with E-state index in [1.165, 1.54) is 6.92 Å². The first kappa shape index (κ1) is 10.5. The summed E-state index contributed by atoms with van der Waals surface area (Å²) in [6.45, 7) is 3.18. The fourth-order valence-electron chi connectivity index (χ4n) is 1.58.